The zero-order valence-electron chi connectivity index (χ0n) is 17.6. The van der Waals surface area contributed by atoms with Crippen molar-refractivity contribution >= 4 is 43.3 Å². The number of aryl methyl sites for hydroxylation is 1. The maximum absolute atomic E-state index is 13.3. The molecule has 0 spiro atoms. The Morgan fingerprint density at radius 1 is 1.00 bits per heavy atom. The Morgan fingerprint density at radius 3 is 2.22 bits per heavy atom. The third-order valence-corrected chi connectivity index (χ3v) is 6.33. The van der Waals surface area contributed by atoms with Crippen LogP contribution in [0.1, 0.15) is 39.5 Å². The number of nitrogens with zero attached hydrogens (tertiary/aromatic N) is 2. The van der Waals surface area contributed by atoms with E-state index in [0.717, 1.165) is 33.1 Å². The SMILES string of the molecule is Cc1ccc(C(=O)N2N=C(c3ccc(NS(C)(=O)=O)cc3)CC2c2ccc(Br)cc2)cc1. The van der Waals surface area contributed by atoms with Crippen LogP contribution in [0.25, 0.3) is 0 Å². The summed E-state index contributed by atoms with van der Waals surface area (Å²) in [5, 5.41) is 6.24. The van der Waals surface area contributed by atoms with Crippen molar-refractivity contribution in [2.24, 2.45) is 5.10 Å². The first kappa shape index (κ1) is 22.2. The molecule has 0 saturated heterocycles. The Kier molecular flexibility index (Phi) is 6.17. The molecule has 1 aliphatic rings. The van der Waals surface area contributed by atoms with Gasteiger partial charge in [-0.2, -0.15) is 5.10 Å². The predicted octanol–water partition coefficient (Wildman–Crippen LogP) is 5.12. The topological polar surface area (TPSA) is 78.8 Å². The van der Waals surface area contributed by atoms with Gasteiger partial charge in [0, 0.05) is 22.1 Å². The molecule has 4 rings (SSSR count). The minimum Gasteiger partial charge on any atom is -0.284 e. The Balaban J connectivity index is 1.67. The lowest BCUT2D eigenvalue weighted by Gasteiger charge is -2.22. The van der Waals surface area contributed by atoms with Gasteiger partial charge >= 0.3 is 0 Å². The van der Waals surface area contributed by atoms with Crippen LogP contribution in [0.4, 0.5) is 5.69 Å². The van der Waals surface area contributed by atoms with E-state index in [9.17, 15) is 13.2 Å². The summed E-state index contributed by atoms with van der Waals surface area (Å²) in [5.74, 6) is -0.164. The van der Waals surface area contributed by atoms with E-state index in [1.54, 1.807) is 17.1 Å². The number of benzene rings is 3. The second-order valence-electron chi connectivity index (χ2n) is 7.79. The molecule has 164 valence electrons. The summed E-state index contributed by atoms with van der Waals surface area (Å²) in [4.78, 5) is 13.3. The molecule has 1 unspecified atom stereocenters. The monoisotopic (exact) mass is 511 g/mol. The number of sulfonamides is 1. The average molecular weight is 512 g/mol. The number of amides is 1. The number of anilines is 1. The molecule has 0 bridgehead atoms. The molecule has 0 saturated carbocycles. The third kappa shape index (κ3) is 5.08. The van der Waals surface area contributed by atoms with Crippen LogP contribution in [0.5, 0.6) is 0 Å². The lowest BCUT2D eigenvalue weighted by molar-refractivity contribution is 0.0711. The van der Waals surface area contributed by atoms with Crippen LogP contribution in [0.3, 0.4) is 0 Å². The van der Waals surface area contributed by atoms with Gasteiger partial charge in [-0.25, -0.2) is 13.4 Å². The predicted molar refractivity (Wildman–Crippen MR) is 130 cm³/mol. The lowest BCUT2D eigenvalue weighted by atomic mass is 9.98. The largest absolute Gasteiger partial charge is 0.284 e. The van der Waals surface area contributed by atoms with E-state index in [2.05, 4.69) is 20.7 Å². The Hall–Kier alpha value is -2.97. The second-order valence-corrected chi connectivity index (χ2v) is 10.4. The molecule has 8 heteroatoms. The number of hydrogen-bond donors (Lipinski definition) is 1. The van der Waals surface area contributed by atoms with Crippen LogP contribution in [0.2, 0.25) is 0 Å². The van der Waals surface area contributed by atoms with Crippen molar-refractivity contribution in [1.82, 2.24) is 5.01 Å². The fraction of sp³-hybridized carbons (Fsp3) is 0.167. The van der Waals surface area contributed by atoms with Gasteiger partial charge in [-0.15, -0.1) is 0 Å². The van der Waals surface area contributed by atoms with E-state index >= 15 is 0 Å². The van der Waals surface area contributed by atoms with Crippen molar-refractivity contribution < 1.29 is 13.2 Å². The van der Waals surface area contributed by atoms with E-state index < -0.39 is 10.0 Å². The van der Waals surface area contributed by atoms with Gasteiger partial charge in [0.05, 0.1) is 18.0 Å². The summed E-state index contributed by atoms with van der Waals surface area (Å²) >= 11 is 3.46. The number of carbonyl (C=O) groups excluding carboxylic acids is 1. The van der Waals surface area contributed by atoms with E-state index in [4.69, 9.17) is 5.10 Å². The molecule has 6 nitrogen and oxygen atoms in total. The smallest absolute Gasteiger partial charge is 0.274 e. The maximum atomic E-state index is 13.3. The van der Waals surface area contributed by atoms with Gasteiger partial charge in [-0.1, -0.05) is 57.9 Å². The molecule has 1 heterocycles. The van der Waals surface area contributed by atoms with E-state index in [0.29, 0.717) is 17.7 Å². The number of hydrogen-bond acceptors (Lipinski definition) is 4. The summed E-state index contributed by atoms with van der Waals surface area (Å²) in [5.41, 5.74) is 4.74. The first-order valence-electron chi connectivity index (χ1n) is 10.0. The maximum Gasteiger partial charge on any atom is 0.274 e. The third-order valence-electron chi connectivity index (χ3n) is 5.19. The fourth-order valence-corrected chi connectivity index (χ4v) is 4.42. The molecule has 0 radical (unpaired) electrons. The summed E-state index contributed by atoms with van der Waals surface area (Å²) in [6, 6.07) is 22.1. The summed E-state index contributed by atoms with van der Waals surface area (Å²) < 4.78 is 26.3. The first-order chi connectivity index (χ1) is 15.2. The molecular formula is C24H22BrN3O3S. The Bertz CT molecular complexity index is 1270. The van der Waals surface area contributed by atoms with Gasteiger partial charge in [-0.3, -0.25) is 9.52 Å². The quantitative estimate of drug-likeness (QED) is 0.516. The van der Waals surface area contributed by atoms with Gasteiger partial charge in [0.2, 0.25) is 10.0 Å². The number of halogens is 1. The van der Waals surface area contributed by atoms with Crippen LogP contribution in [-0.4, -0.2) is 31.3 Å². The molecule has 3 aromatic carbocycles. The van der Waals surface area contributed by atoms with E-state index in [-0.39, 0.29) is 11.9 Å². The van der Waals surface area contributed by atoms with Crippen molar-refractivity contribution in [2.75, 3.05) is 11.0 Å². The molecule has 1 amide bonds. The van der Waals surface area contributed by atoms with Gasteiger partial charge < -0.3 is 0 Å². The summed E-state index contributed by atoms with van der Waals surface area (Å²) in [7, 11) is -3.35. The van der Waals surface area contributed by atoms with Gasteiger partial charge in [0.15, 0.2) is 0 Å². The molecule has 1 N–H and O–H groups in total. The Morgan fingerprint density at radius 2 is 1.62 bits per heavy atom. The number of carbonyl (C=O) groups is 1. The molecule has 32 heavy (non-hydrogen) atoms. The number of hydrazone groups is 1. The van der Waals surface area contributed by atoms with Crippen LogP contribution >= 0.6 is 15.9 Å². The van der Waals surface area contributed by atoms with Gasteiger partial charge in [0.25, 0.3) is 5.91 Å². The van der Waals surface area contributed by atoms with Crippen molar-refractivity contribution in [1.29, 1.82) is 0 Å². The molecule has 0 aromatic heterocycles. The average Bonchev–Trinajstić information content (AvgIpc) is 3.19. The van der Waals surface area contributed by atoms with Crippen molar-refractivity contribution in [3.8, 4) is 0 Å². The molecular weight excluding hydrogens is 490 g/mol. The molecule has 0 fully saturated rings. The second kappa shape index (κ2) is 8.88. The first-order valence-corrected chi connectivity index (χ1v) is 12.7. The van der Waals surface area contributed by atoms with E-state index in [1.807, 2.05) is 67.6 Å². The van der Waals surface area contributed by atoms with E-state index in [1.165, 1.54) is 0 Å². The van der Waals surface area contributed by atoms with Crippen LogP contribution < -0.4 is 4.72 Å². The fourth-order valence-electron chi connectivity index (χ4n) is 3.59. The highest BCUT2D eigenvalue weighted by Gasteiger charge is 2.33. The Labute approximate surface area is 196 Å². The zero-order valence-corrected chi connectivity index (χ0v) is 20.0. The normalized spacial score (nSPS) is 16.0. The molecule has 1 atom stereocenters. The lowest BCUT2D eigenvalue weighted by Crippen LogP contribution is -2.27. The minimum atomic E-state index is -3.35. The highest BCUT2D eigenvalue weighted by Crippen LogP contribution is 2.34. The zero-order chi connectivity index (χ0) is 22.9. The van der Waals surface area contributed by atoms with Gasteiger partial charge in [-0.05, 0) is 54.4 Å². The van der Waals surface area contributed by atoms with Crippen molar-refractivity contribution in [2.45, 2.75) is 19.4 Å². The number of nitrogens with one attached hydrogen (secondary N) is 1. The molecule has 0 aliphatic carbocycles. The molecule has 3 aromatic rings. The van der Waals surface area contributed by atoms with Crippen molar-refractivity contribution in [3.05, 3.63) is 99.5 Å². The highest BCUT2D eigenvalue weighted by molar-refractivity contribution is 9.10. The van der Waals surface area contributed by atoms with Gasteiger partial charge in [0.1, 0.15) is 0 Å². The van der Waals surface area contributed by atoms with Crippen LogP contribution in [0, 0.1) is 6.92 Å². The number of rotatable bonds is 5. The standard InChI is InChI=1S/C24H22BrN3O3S/c1-16-3-5-19(6-4-16)24(29)28-23(18-7-11-20(25)12-8-18)15-22(26-28)17-9-13-21(14-10-17)27-32(2,30)31/h3-14,23,27H,15H2,1-2H3. The van der Waals surface area contributed by atoms with Crippen LogP contribution in [0.15, 0.2) is 82.4 Å². The molecule has 1 aliphatic heterocycles. The van der Waals surface area contributed by atoms with Crippen molar-refractivity contribution in [3.63, 3.8) is 0 Å². The highest BCUT2D eigenvalue weighted by atomic mass is 79.9. The summed E-state index contributed by atoms with van der Waals surface area (Å²) in [6.45, 7) is 1.98. The minimum absolute atomic E-state index is 0.164. The van der Waals surface area contributed by atoms with Crippen LogP contribution in [-0.2, 0) is 10.0 Å². The summed E-state index contributed by atoms with van der Waals surface area (Å²) in [6.07, 6.45) is 1.66.